The summed E-state index contributed by atoms with van der Waals surface area (Å²) >= 11 is 3.38. The van der Waals surface area contributed by atoms with E-state index < -0.39 is 0 Å². The van der Waals surface area contributed by atoms with Crippen LogP contribution in [0.25, 0.3) is 0 Å². The molecule has 0 atom stereocenters. The van der Waals surface area contributed by atoms with Crippen molar-refractivity contribution in [3.05, 3.63) is 40.5 Å². The van der Waals surface area contributed by atoms with Crippen molar-refractivity contribution in [1.82, 2.24) is 10.3 Å². The summed E-state index contributed by atoms with van der Waals surface area (Å²) in [6.07, 6.45) is 4.00. The minimum absolute atomic E-state index is 0.0217. The molecule has 23 heavy (non-hydrogen) atoms. The Kier molecular flexibility index (Phi) is 4.71. The summed E-state index contributed by atoms with van der Waals surface area (Å²) < 4.78 is 0.944. The van der Waals surface area contributed by atoms with Gasteiger partial charge >= 0.3 is 0 Å². The average molecular weight is 378 g/mol. The molecule has 2 amide bonds. The van der Waals surface area contributed by atoms with Crippen LogP contribution in [0.15, 0.2) is 40.5 Å². The summed E-state index contributed by atoms with van der Waals surface area (Å²) in [4.78, 5) is 26.7. The Morgan fingerprint density at radius 1 is 1.22 bits per heavy atom. The van der Waals surface area contributed by atoms with Gasteiger partial charge < -0.3 is 4.90 Å². The number of hydrogen-bond acceptors (Lipinski definition) is 3. The van der Waals surface area contributed by atoms with E-state index in [0.29, 0.717) is 11.6 Å². The van der Waals surface area contributed by atoms with Gasteiger partial charge in [0, 0.05) is 24.0 Å². The van der Waals surface area contributed by atoms with Crippen molar-refractivity contribution in [3.63, 3.8) is 0 Å². The molecule has 1 saturated heterocycles. The standard InChI is InChI=1S/C17H20BrN3O2/c1-12-8-10-20(11-9-12)17(23)15-6-7-16(22)21(19-15)14-4-2-13(18)3-5-14/h2-6,12,19H,7-11H2,1H3. The summed E-state index contributed by atoms with van der Waals surface area (Å²) in [6.45, 7) is 3.78. The van der Waals surface area contributed by atoms with E-state index in [1.807, 2.05) is 29.2 Å². The Hall–Kier alpha value is -1.82. The van der Waals surface area contributed by atoms with Gasteiger partial charge in [-0.05, 0) is 49.1 Å². The molecule has 1 aromatic carbocycles. The lowest BCUT2D eigenvalue weighted by molar-refractivity contribution is -0.129. The smallest absolute Gasteiger partial charge is 0.271 e. The van der Waals surface area contributed by atoms with E-state index >= 15 is 0 Å². The van der Waals surface area contributed by atoms with Crippen molar-refractivity contribution in [2.45, 2.75) is 26.2 Å². The monoisotopic (exact) mass is 377 g/mol. The molecule has 6 heteroatoms. The molecule has 1 N–H and O–H groups in total. The normalized spacial score (nSPS) is 19.4. The molecule has 3 rings (SSSR count). The highest BCUT2D eigenvalue weighted by Gasteiger charge is 2.28. The molecule has 5 nitrogen and oxygen atoms in total. The van der Waals surface area contributed by atoms with Gasteiger partial charge in [-0.2, -0.15) is 0 Å². The van der Waals surface area contributed by atoms with E-state index in [-0.39, 0.29) is 18.2 Å². The lowest BCUT2D eigenvalue weighted by Gasteiger charge is -2.34. The second-order valence-electron chi connectivity index (χ2n) is 6.11. The van der Waals surface area contributed by atoms with Crippen molar-refractivity contribution in [2.75, 3.05) is 18.1 Å². The summed E-state index contributed by atoms with van der Waals surface area (Å²) in [7, 11) is 0. The van der Waals surface area contributed by atoms with E-state index in [9.17, 15) is 9.59 Å². The number of piperidine rings is 1. The zero-order chi connectivity index (χ0) is 16.4. The third-order valence-electron chi connectivity index (χ3n) is 4.35. The van der Waals surface area contributed by atoms with Crippen LogP contribution in [0.5, 0.6) is 0 Å². The second kappa shape index (κ2) is 6.74. The largest absolute Gasteiger partial charge is 0.337 e. The molecule has 2 heterocycles. The molecule has 122 valence electrons. The molecule has 1 fully saturated rings. The summed E-state index contributed by atoms with van der Waals surface area (Å²) in [5.41, 5.74) is 4.20. The lowest BCUT2D eigenvalue weighted by atomic mass is 9.99. The first-order valence-electron chi connectivity index (χ1n) is 7.89. The zero-order valence-corrected chi connectivity index (χ0v) is 14.7. The first kappa shape index (κ1) is 16.1. The van der Waals surface area contributed by atoms with Crippen LogP contribution in [0.4, 0.5) is 5.69 Å². The molecule has 1 aromatic rings. The lowest BCUT2D eigenvalue weighted by Crippen LogP contribution is -2.50. The number of rotatable bonds is 2. The first-order valence-corrected chi connectivity index (χ1v) is 8.68. The van der Waals surface area contributed by atoms with Crippen molar-refractivity contribution in [3.8, 4) is 0 Å². The molecule has 2 aliphatic heterocycles. The number of nitrogens with zero attached hydrogens (tertiary/aromatic N) is 2. The second-order valence-corrected chi connectivity index (χ2v) is 7.03. The maximum Gasteiger partial charge on any atom is 0.271 e. The number of amides is 2. The van der Waals surface area contributed by atoms with Crippen LogP contribution in [0.2, 0.25) is 0 Å². The quantitative estimate of drug-likeness (QED) is 0.861. The molecule has 0 bridgehead atoms. The molecule has 0 unspecified atom stereocenters. The minimum Gasteiger partial charge on any atom is -0.337 e. The Morgan fingerprint density at radius 3 is 2.52 bits per heavy atom. The van der Waals surface area contributed by atoms with Crippen molar-refractivity contribution < 1.29 is 9.59 Å². The summed E-state index contributed by atoms with van der Waals surface area (Å²) in [5, 5.41) is 1.45. The molecule has 0 aliphatic carbocycles. The number of carbonyl (C=O) groups excluding carboxylic acids is 2. The first-order chi connectivity index (χ1) is 11.0. The van der Waals surface area contributed by atoms with Crippen LogP contribution >= 0.6 is 15.9 Å². The molecule has 0 radical (unpaired) electrons. The van der Waals surface area contributed by atoms with Gasteiger partial charge in [-0.25, -0.2) is 5.01 Å². The SMILES string of the molecule is CC1CCN(C(=O)C2=CCC(=O)N(c3ccc(Br)cc3)N2)CC1. The Labute approximate surface area is 144 Å². The number of anilines is 1. The zero-order valence-electron chi connectivity index (χ0n) is 13.1. The van der Waals surface area contributed by atoms with E-state index in [1.54, 1.807) is 6.08 Å². The van der Waals surface area contributed by atoms with Crippen LogP contribution < -0.4 is 10.4 Å². The van der Waals surface area contributed by atoms with E-state index in [4.69, 9.17) is 0 Å². The number of nitrogens with one attached hydrogen (secondary N) is 1. The fraction of sp³-hybridized carbons (Fsp3) is 0.412. The van der Waals surface area contributed by atoms with Gasteiger partial charge in [0.05, 0.1) is 5.69 Å². The molecular weight excluding hydrogens is 358 g/mol. The van der Waals surface area contributed by atoms with Crippen molar-refractivity contribution in [1.29, 1.82) is 0 Å². The third-order valence-corrected chi connectivity index (χ3v) is 4.88. The molecule has 0 saturated carbocycles. The van der Waals surface area contributed by atoms with Crippen LogP contribution in [-0.4, -0.2) is 29.8 Å². The van der Waals surface area contributed by atoms with Crippen LogP contribution in [0.1, 0.15) is 26.2 Å². The number of benzene rings is 1. The number of carbonyl (C=O) groups is 2. The van der Waals surface area contributed by atoms with E-state index in [2.05, 4.69) is 28.3 Å². The van der Waals surface area contributed by atoms with Gasteiger partial charge in [-0.3, -0.25) is 15.0 Å². The van der Waals surface area contributed by atoms with Gasteiger partial charge in [0.2, 0.25) is 5.91 Å². The Balaban J connectivity index is 1.73. The summed E-state index contributed by atoms with van der Waals surface area (Å²) in [5.74, 6) is 0.579. The molecule has 0 aromatic heterocycles. The van der Waals surface area contributed by atoms with Gasteiger partial charge in [0.15, 0.2) is 0 Å². The predicted octanol–water partition coefficient (Wildman–Crippen LogP) is 2.83. The Morgan fingerprint density at radius 2 is 1.87 bits per heavy atom. The predicted molar refractivity (Wildman–Crippen MR) is 92.4 cm³/mol. The number of hydrogen-bond donors (Lipinski definition) is 1. The number of halogens is 1. The number of likely N-dealkylation sites (tertiary alicyclic amines) is 1. The highest BCUT2D eigenvalue weighted by molar-refractivity contribution is 9.10. The van der Waals surface area contributed by atoms with E-state index in [1.165, 1.54) is 5.01 Å². The van der Waals surface area contributed by atoms with Gasteiger partial charge in [-0.15, -0.1) is 0 Å². The van der Waals surface area contributed by atoms with Gasteiger partial charge in [-0.1, -0.05) is 22.9 Å². The highest BCUT2D eigenvalue weighted by Crippen LogP contribution is 2.22. The fourth-order valence-corrected chi connectivity index (χ4v) is 3.09. The molecule has 0 spiro atoms. The minimum atomic E-state index is -0.0730. The van der Waals surface area contributed by atoms with Crippen LogP contribution in [0, 0.1) is 5.92 Å². The van der Waals surface area contributed by atoms with Gasteiger partial charge in [0.1, 0.15) is 5.70 Å². The fourth-order valence-electron chi connectivity index (χ4n) is 2.82. The molecular formula is C17H20BrN3O2. The maximum absolute atomic E-state index is 12.6. The van der Waals surface area contributed by atoms with Crippen LogP contribution in [-0.2, 0) is 9.59 Å². The van der Waals surface area contributed by atoms with E-state index in [0.717, 1.165) is 36.1 Å². The van der Waals surface area contributed by atoms with Crippen LogP contribution in [0.3, 0.4) is 0 Å². The van der Waals surface area contributed by atoms with Gasteiger partial charge in [0.25, 0.3) is 5.91 Å². The maximum atomic E-state index is 12.6. The van der Waals surface area contributed by atoms with Crippen molar-refractivity contribution in [2.24, 2.45) is 5.92 Å². The summed E-state index contributed by atoms with van der Waals surface area (Å²) in [6, 6.07) is 7.42. The topological polar surface area (TPSA) is 52.7 Å². The van der Waals surface area contributed by atoms with Crippen molar-refractivity contribution >= 4 is 33.4 Å². The third kappa shape index (κ3) is 3.58. The molecule has 2 aliphatic rings. The average Bonchev–Trinajstić information content (AvgIpc) is 2.56. The highest BCUT2D eigenvalue weighted by atomic mass is 79.9. The Bertz CT molecular complexity index is 634. The number of hydrazine groups is 1.